The van der Waals surface area contributed by atoms with Crippen LogP contribution in [0.4, 0.5) is 26.3 Å². The van der Waals surface area contributed by atoms with Crippen LogP contribution < -0.4 is 14.2 Å². The molecule has 3 atom stereocenters. The summed E-state index contributed by atoms with van der Waals surface area (Å²) in [5, 5.41) is 0. The highest BCUT2D eigenvalue weighted by atomic mass is 19.2. The van der Waals surface area contributed by atoms with Gasteiger partial charge in [-0.05, 0) is 60.6 Å². The van der Waals surface area contributed by atoms with Crippen LogP contribution >= 0.6 is 0 Å². The van der Waals surface area contributed by atoms with Crippen LogP contribution in [-0.2, 0) is 4.74 Å². The van der Waals surface area contributed by atoms with Gasteiger partial charge in [-0.2, -0.15) is 4.39 Å². The number of alkyl halides is 1. The summed E-state index contributed by atoms with van der Waals surface area (Å²) in [5.41, 5.74) is -0.243. The van der Waals surface area contributed by atoms with Crippen molar-refractivity contribution in [2.24, 2.45) is 5.92 Å². The molecular weight excluding hydrogens is 574 g/mol. The summed E-state index contributed by atoms with van der Waals surface area (Å²) in [6.07, 6.45) is 3.83. The molecule has 3 aromatic rings. The number of hydrogen-bond acceptors (Lipinski definition) is 4. The molecule has 0 aromatic heterocycles. The summed E-state index contributed by atoms with van der Waals surface area (Å²) >= 11 is 0. The van der Waals surface area contributed by atoms with Gasteiger partial charge in [0.1, 0.15) is 42.1 Å². The lowest BCUT2D eigenvalue weighted by atomic mass is 9.90. The molecule has 1 fully saturated rings. The monoisotopic (exact) mass is 606 g/mol. The quantitative estimate of drug-likeness (QED) is 0.110. The van der Waals surface area contributed by atoms with E-state index in [9.17, 15) is 17.6 Å². The van der Waals surface area contributed by atoms with E-state index in [0.717, 1.165) is 43.4 Å². The van der Waals surface area contributed by atoms with E-state index in [2.05, 4.69) is 20.1 Å². The number of hydrogen-bond donors (Lipinski definition) is 0. The Bertz CT molecular complexity index is 1370. The van der Waals surface area contributed by atoms with Crippen molar-refractivity contribution < 1.29 is 45.3 Å². The van der Waals surface area contributed by atoms with Gasteiger partial charge in [0.15, 0.2) is 17.5 Å². The molecule has 0 amide bonds. The number of rotatable bonds is 13. The first-order chi connectivity index (χ1) is 20.7. The van der Waals surface area contributed by atoms with Gasteiger partial charge >= 0.3 is 0 Å². The molecule has 0 spiro atoms. The van der Waals surface area contributed by atoms with Crippen molar-refractivity contribution in [1.29, 1.82) is 0 Å². The molecule has 1 aliphatic heterocycles. The van der Waals surface area contributed by atoms with Gasteiger partial charge in [0.2, 0.25) is 0 Å². The summed E-state index contributed by atoms with van der Waals surface area (Å²) in [7, 11) is 0. The zero-order valence-corrected chi connectivity index (χ0v) is 23.6. The SMILES string of the molecule is C=CCOc1cc(C2CC[C@@H](CCC)CO2)cc(OCC=C)c1-c1cc(F)c(C(F)Oc2cc(F)c(F)c(F)c2)c(F)c1. The lowest BCUT2D eigenvalue weighted by Gasteiger charge is -2.30. The highest BCUT2D eigenvalue weighted by Crippen LogP contribution is 2.45. The smallest absolute Gasteiger partial charge is 0.269 e. The van der Waals surface area contributed by atoms with Crippen molar-refractivity contribution in [3.05, 3.63) is 102 Å². The molecule has 1 heterocycles. The van der Waals surface area contributed by atoms with Gasteiger partial charge in [-0.1, -0.05) is 38.7 Å². The standard InChI is InChI=1S/C33H32F6O4/c1-4-7-19-8-9-27(42-18-19)20-14-28(40-10-5-2)30(29(15-20)41-11-6-3)21-12-23(34)31(24(35)13-21)33(39)43-22-16-25(36)32(38)26(37)17-22/h5-6,12-17,19,27,33H,2-4,7-11,18H2,1H3/t19-,27?,33?/m1/s1. The molecule has 4 rings (SSSR count). The fourth-order valence-electron chi connectivity index (χ4n) is 5.03. The van der Waals surface area contributed by atoms with Crippen LogP contribution in [0.15, 0.2) is 61.7 Å². The Morgan fingerprint density at radius 1 is 0.860 bits per heavy atom. The normalized spacial score (nSPS) is 17.3. The predicted molar refractivity (Wildman–Crippen MR) is 150 cm³/mol. The van der Waals surface area contributed by atoms with Crippen molar-refractivity contribution in [2.45, 2.75) is 45.1 Å². The van der Waals surface area contributed by atoms with Crippen LogP contribution in [0.5, 0.6) is 17.2 Å². The Morgan fingerprint density at radius 3 is 1.93 bits per heavy atom. The summed E-state index contributed by atoms with van der Waals surface area (Å²) in [6.45, 7) is 10.2. The zero-order valence-electron chi connectivity index (χ0n) is 23.6. The average Bonchev–Trinajstić information content (AvgIpc) is 2.97. The largest absolute Gasteiger partial charge is 0.489 e. The van der Waals surface area contributed by atoms with Crippen LogP contribution in [0.2, 0.25) is 0 Å². The van der Waals surface area contributed by atoms with E-state index in [0.29, 0.717) is 24.7 Å². The number of ether oxygens (including phenoxy) is 4. The van der Waals surface area contributed by atoms with E-state index < -0.39 is 46.8 Å². The first kappa shape index (κ1) is 32.0. The first-order valence-corrected chi connectivity index (χ1v) is 13.9. The highest BCUT2D eigenvalue weighted by molar-refractivity contribution is 5.78. The third-order valence-corrected chi connectivity index (χ3v) is 7.03. The van der Waals surface area contributed by atoms with Crippen molar-refractivity contribution in [3.63, 3.8) is 0 Å². The molecule has 230 valence electrons. The zero-order chi connectivity index (χ0) is 31.1. The molecule has 43 heavy (non-hydrogen) atoms. The van der Waals surface area contributed by atoms with Crippen LogP contribution in [0, 0.1) is 35.0 Å². The Hall–Kier alpha value is -3.92. The third-order valence-electron chi connectivity index (χ3n) is 7.03. The molecular formula is C33H32F6O4. The molecule has 1 aliphatic rings. The van der Waals surface area contributed by atoms with Crippen molar-refractivity contribution >= 4 is 0 Å². The molecule has 10 heteroatoms. The summed E-state index contributed by atoms with van der Waals surface area (Å²) in [4.78, 5) is 0. The molecule has 0 bridgehead atoms. The van der Waals surface area contributed by atoms with E-state index in [-0.39, 0.29) is 41.9 Å². The number of halogens is 6. The van der Waals surface area contributed by atoms with E-state index in [4.69, 9.17) is 18.9 Å². The minimum atomic E-state index is -2.81. The minimum absolute atomic E-state index is 0.0398. The maximum Gasteiger partial charge on any atom is 0.269 e. The summed E-state index contributed by atoms with van der Waals surface area (Å²) in [5.74, 6) is -7.67. The van der Waals surface area contributed by atoms with Crippen molar-refractivity contribution in [2.75, 3.05) is 19.8 Å². The molecule has 1 saturated heterocycles. The second-order valence-corrected chi connectivity index (χ2v) is 10.1. The second-order valence-electron chi connectivity index (χ2n) is 10.1. The van der Waals surface area contributed by atoms with E-state index in [1.54, 1.807) is 12.1 Å². The van der Waals surface area contributed by atoms with Gasteiger partial charge in [0, 0.05) is 12.1 Å². The van der Waals surface area contributed by atoms with Gasteiger partial charge < -0.3 is 18.9 Å². The van der Waals surface area contributed by atoms with Crippen LogP contribution in [0.1, 0.15) is 56.2 Å². The van der Waals surface area contributed by atoms with Crippen LogP contribution in [-0.4, -0.2) is 19.8 Å². The number of benzene rings is 3. The lowest BCUT2D eigenvalue weighted by molar-refractivity contribution is -0.0196. The Labute approximate surface area is 246 Å². The molecule has 0 saturated carbocycles. The first-order valence-electron chi connectivity index (χ1n) is 13.9. The third kappa shape index (κ3) is 7.54. The van der Waals surface area contributed by atoms with Gasteiger partial charge in [-0.15, -0.1) is 0 Å². The van der Waals surface area contributed by atoms with Gasteiger partial charge in [0.25, 0.3) is 6.36 Å². The molecule has 3 aromatic carbocycles. The second kappa shape index (κ2) is 14.5. The van der Waals surface area contributed by atoms with Crippen LogP contribution in [0.3, 0.4) is 0 Å². The summed E-state index contributed by atoms with van der Waals surface area (Å²) in [6, 6.07) is 5.89. The van der Waals surface area contributed by atoms with Gasteiger partial charge in [-0.25, -0.2) is 22.0 Å². The maximum absolute atomic E-state index is 15.3. The van der Waals surface area contributed by atoms with Crippen molar-refractivity contribution in [3.8, 4) is 28.4 Å². The minimum Gasteiger partial charge on any atom is -0.489 e. The molecule has 0 radical (unpaired) electrons. The lowest BCUT2D eigenvalue weighted by Crippen LogP contribution is -2.20. The van der Waals surface area contributed by atoms with E-state index >= 15 is 8.78 Å². The Balaban J connectivity index is 1.72. The molecule has 0 N–H and O–H groups in total. The maximum atomic E-state index is 15.3. The highest BCUT2D eigenvalue weighted by Gasteiger charge is 2.28. The predicted octanol–water partition coefficient (Wildman–Crippen LogP) is 9.49. The van der Waals surface area contributed by atoms with Gasteiger partial charge in [-0.3, -0.25) is 0 Å². The Morgan fingerprint density at radius 2 is 1.44 bits per heavy atom. The fraction of sp³-hybridized carbons (Fsp3) is 0.333. The molecule has 0 aliphatic carbocycles. The molecule has 2 unspecified atom stereocenters. The Kier molecular flexibility index (Phi) is 10.8. The fourth-order valence-corrected chi connectivity index (χ4v) is 5.03. The molecule has 4 nitrogen and oxygen atoms in total. The van der Waals surface area contributed by atoms with Crippen LogP contribution in [0.25, 0.3) is 11.1 Å². The van der Waals surface area contributed by atoms with E-state index in [1.165, 1.54) is 12.2 Å². The van der Waals surface area contributed by atoms with Crippen molar-refractivity contribution in [1.82, 2.24) is 0 Å². The van der Waals surface area contributed by atoms with E-state index in [1.807, 2.05) is 0 Å². The van der Waals surface area contributed by atoms with Gasteiger partial charge in [0.05, 0.1) is 23.8 Å². The summed E-state index contributed by atoms with van der Waals surface area (Å²) < 4.78 is 109. The topological polar surface area (TPSA) is 36.9 Å². The average molecular weight is 607 g/mol.